The molecule has 26 heavy (non-hydrogen) atoms. The summed E-state index contributed by atoms with van der Waals surface area (Å²) in [6.07, 6.45) is 8.49. The van der Waals surface area contributed by atoms with E-state index in [1.165, 1.54) is 18.5 Å². The molecule has 0 fully saturated rings. The number of amides is 1. The van der Waals surface area contributed by atoms with Gasteiger partial charge in [0.25, 0.3) is 5.91 Å². The molecule has 0 saturated heterocycles. The Kier molecular flexibility index (Phi) is 5.75. The fraction of sp³-hybridized carbons (Fsp3) is 0.235. The summed E-state index contributed by atoms with van der Waals surface area (Å²) in [6, 6.07) is 3.03. The third-order valence-corrected chi connectivity index (χ3v) is 3.57. The highest BCUT2D eigenvalue weighted by molar-refractivity contribution is 6.30. The summed E-state index contributed by atoms with van der Waals surface area (Å²) in [5.74, 6) is 0.579. The van der Waals surface area contributed by atoms with Gasteiger partial charge >= 0.3 is 0 Å². The van der Waals surface area contributed by atoms with Crippen LogP contribution in [0.3, 0.4) is 0 Å². The molecule has 0 aliphatic carbocycles. The number of carbonyl (C=O) groups excluding carboxylic acids is 1. The average molecular weight is 374 g/mol. The first kappa shape index (κ1) is 17.8. The van der Waals surface area contributed by atoms with Crippen LogP contribution in [-0.2, 0) is 13.0 Å². The van der Waals surface area contributed by atoms with E-state index in [1.807, 2.05) is 6.92 Å². The van der Waals surface area contributed by atoms with Crippen LogP contribution in [0.15, 0.2) is 47.6 Å². The van der Waals surface area contributed by atoms with Gasteiger partial charge in [0.15, 0.2) is 11.5 Å². The minimum absolute atomic E-state index is 0.109. The zero-order valence-electron chi connectivity index (χ0n) is 13.9. The summed E-state index contributed by atoms with van der Waals surface area (Å²) < 4.78 is 10.6. The summed E-state index contributed by atoms with van der Waals surface area (Å²) in [5, 5.41) is 7.08. The summed E-state index contributed by atoms with van der Waals surface area (Å²) in [6.45, 7) is 1.99. The summed E-state index contributed by atoms with van der Waals surface area (Å²) in [4.78, 5) is 24.3. The molecule has 1 N–H and O–H groups in total. The fourth-order valence-electron chi connectivity index (χ4n) is 2.21. The van der Waals surface area contributed by atoms with E-state index < -0.39 is 0 Å². The first-order valence-corrected chi connectivity index (χ1v) is 8.22. The van der Waals surface area contributed by atoms with E-state index in [9.17, 15) is 4.79 Å². The van der Waals surface area contributed by atoms with E-state index in [-0.39, 0.29) is 24.2 Å². The first-order chi connectivity index (χ1) is 12.6. The monoisotopic (exact) mass is 373 g/mol. The van der Waals surface area contributed by atoms with Crippen molar-refractivity contribution in [1.29, 1.82) is 0 Å². The number of nitrogens with one attached hydrogen (secondary N) is 1. The molecule has 0 radical (unpaired) electrons. The number of hydrogen-bond acceptors (Lipinski definition) is 7. The van der Waals surface area contributed by atoms with Crippen molar-refractivity contribution in [3.63, 3.8) is 0 Å². The SMILES string of the molecule is C[C@@H](Cc1cnccn1)NC(=O)c1cc(COc2cncc(Cl)c2)on1. The Morgan fingerprint density at radius 2 is 2.15 bits per heavy atom. The standard InChI is InChI=1S/C17H16ClN5O3/c1-11(4-13-8-19-2-3-21-13)22-17(24)16-6-15(26-23-16)10-25-14-5-12(18)7-20-9-14/h2-3,5-9,11H,4,10H2,1H3,(H,22,24)/t11-/m0/s1. The van der Waals surface area contributed by atoms with Gasteiger partial charge in [0, 0.05) is 49.4 Å². The second-order valence-electron chi connectivity index (χ2n) is 5.58. The van der Waals surface area contributed by atoms with Gasteiger partial charge in [0.1, 0.15) is 12.4 Å². The van der Waals surface area contributed by atoms with Crippen molar-refractivity contribution >= 4 is 17.5 Å². The molecule has 3 aromatic rings. The Labute approximate surface area is 154 Å². The maximum atomic E-state index is 12.2. The number of halogens is 1. The largest absolute Gasteiger partial charge is 0.484 e. The number of rotatable bonds is 7. The number of pyridine rings is 1. The lowest BCUT2D eigenvalue weighted by Crippen LogP contribution is -2.34. The predicted octanol–water partition coefficient (Wildman–Crippen LogP) is 2.45. The minimum Gasteiger partial charge on any atom is -0.484 e. The second-order valence-corrected chi connectivity index (χ2v) is 6.02. The Balaban J connectivity index is 1.52. The fourth-order valence-corrected chi connectivity index (χ4v) is 2.38. The molecule has 0 aliphatic rings. The van der Waals surface area contributed by atoms with Crippen LogP contribution in [0.5, 0.6) is 5.75 Å². The van der Waals surface area contributed by atoms with Crippen LogP contribution in [0, 0.1) is 0 Å². The van der Waals surface area contributed by atoms with Crippen molar-refractivity contribution in [2.45, 2.75) is 26.0 Å². The Morgan fingerprint density at radius 3 is 2.92 bits per heavy atom. The van der Waals surface area contributed by atoms with E-state index in [0.29, 0.717) is 23.0 Å². The van der Waals surface area contributed by atoms with Crippen molar-refractivity contribution in [3.05, 3.63) is 65.3 Å². The van der Waals surface area contributed by atoms with Crippen molar-refractivity contribution in [1.82, 2.24) is 25.4 Å². The molecule has 0 bridgehead atoms. The van der Waals surface area contributed by atoms with Crippen LogP contribution < -0.4 is 10.1 Å². The Morgan fingerprint density at radius 1 is 1.27 bits per heavy atom. The maximum absolute atomic E-state index is 12.2. The lowest BCUT2D eigenvalue weighted by molar-refractivity contribution is 0.0930. The van der Waals surface area contributed by atoms with Gasteiger partial charge in [-0.05, 0) is 6.92 Å². The Bertz CT molecular complexity index is 872. The molecule has 3 heterocycles. The van der Waals surface area contributed by atoms with Gasteiger partial charge in [-0.15, -0.1) is 0 Å². The molecule has 0 aromatic carbocycles. The lowest BCUT2D eigenvalue weighted by Gasteiger charge is -2.11. The average Bonchev–Trinajstić information content (AvgIpc) is 3.10. The van der Waals surface area contributed by atoms with E-state index in [2.05, 4.69) is 25.4 Å². The van der Waals surface area contributed by atoms with Gasteiger partial charge in [-0.25, -0.2) is 0 Å². The molecule has 0 aliphatic heterocycles. The molecule has 8 nitrogen and oxygen atoms in total. The van der Waals surface area contributed by atoms with Crippen LogP contribution in [0.1, 0.15) is 28.9 Å². The summed E-state index contributed by atoms with van der Waals surface area (Å²) >= 11 is 5.84. The molecular weight excluding hydrogens is 358 g/mol. The van der Waals surface area contributed by atoms with Crippen LogP contribution in [0.2, 0.25) is 5.02 Å². The molecule has 1 amide bonds. The molecule has 3 aromatic heterocycles. The zero-order valence-corrected chi connectivity index (χ0v) is 14.7. The smallest absolute Gasteiger partial charge is 0.273 e. The number of hydrogen-bond donors (Lipinski definition) is 1. The van der Waals surface area contributed by atoms with Crippen molar-refractivity contribution in [3.8, 4) is 5.75 Å². The maximum Gasteiger partial charge on any atom is 0.273 e. The van der Waals surface area contributed by atoms with Gasteiger partial charge in [-0.3, -0.25) is 19.7 Å². The van der Waals surface area contributed by atoms with E-state index >= 15 is 0 Å². The molecule has 0 saturated carbocycles. The van der Waals surface area contributed by atoms with Gasteiger partial charge in [0.2, 0.25) is 0 Å². The second kappa shape index (κ2) is 8.39. The molecular formula is C17H16ClN5O3. The summed E-state index contributed by atoms with van der Waals surface area (Å²) in [5.41, 5.74) is 0.975. The first-order valence-electron chi connectivity index (χ1n) is 7.85. The van der Waals surface area contributed by atoms with E-state index in [4.69, 9.17) is 20.9 Å². The molecule has 3 rings (SSSR count). The molecule has 134 valence electrons. The van der Waals surface area contributed by atoms with Gasteiger partial charge in [0.05, 0.1) is 16.9 Å². The number of carbonyl (C=O) groups is 1. The van der Waals surface area contributed by atoms with E-state index in [0.717, 1.165) is 5.69 Å². The van der Waals surface area contributed by atoms with Crippen molar-refractivity contribution in [2.75, 3.05) is 0 Å². The third kappa shape index (κ3) is 5.00. The van der Waals surface area contributed by atoms with Crippen LogP contribution >= 0.6 is 11.6 Å². The lowest BCUT2D eigenvalue weighted by atomic mass is 10.2. The quantitative estimate of drug-likeness (QED) is 0.678. The van der Waals surface area contributed by atoms with Crippen LogP contribution in [-0.4, -0.2) is 32.1 Å². The number of ether oxygens (including phenoxy) is 1. The van der Waals surface area contributed by atoms with Crippen LogP contribution in [0.4, 0.5) is 0 Å². The highest BCUT2D eigenvalue weighted by Crippen LogP contribution is 2.17. The van der Waals surface area contributed by atoms with Gasteiger partial charge < -0.3 is 14.6 Å². The normalized spacial score (nSPS) is 11.8. The zero-order chi connectivity index (χ0) is 18.4. The third-order valence-electron chi connectivity index (χ3n) is 3.36. The predicted molar refractivity (Wildman–Crippen MR) is 92.7 cm³/mol. The molecule has 0 unspecified atom stereocenters. The topological polar surface area (TPSA) is 103 Å². The van der Waals surface area contributed by atoms with E-state index in [1.54, 1.807) is 24.7 Å². The number of nitrogens with zero attached hydrogens (tertiary/aromatic N) is 4. The van der Waals surface area contributed by atoms with Gasteiger partial charge in [-0.1, -0.05) is 16.8 Å². The van der Waals surface area contributed by atoms with Gasteiger partial charge in [-0.2, -0.15) is 0 Å². The minimum atomic E-state index is -0.333. The summed E-state index contributed by atoms with van der Waals surface area (Å²) in [7, 11) is 0. The Hall–Kier alpha value is -3.00. The highest BCUT2D eigenvalue weighted by Gasteiger charge is 2.16. The number of aromatic nitrogens is 4. The highest BCUT2D eigenvalue weighted by atomic mass is 35.5. The molecule has 1 atom stereocenters. The van der Waals surface area contributed by atoms with Crippen molar-refractivity contribution in [2.24, 2.45) is 0 Å². The molecule has 0 spiro atoms. The molecule has 9 heteroatoms. The van der Waals surface area contributed by atoms with Crippen molar-refractivity contribution < 1.29 is 14.1 Å². The van der Waals surface area contributed by atoms with Crippen LogP contribution in [0.25, 0.3) is 0 Å².